The van der Waals surface area contributed by atoms with Gasteiger partial charge < -0.3 is 25.4 Å². The quantitative estimate of drug-likeness (QED) is 0.442. The Morgan fingerprint density at radius 3 is 2.69 bits per heavy atom. The van der Waals surface area contributed by atoms with Crippen LogP contribution in [0.1, 0.15) is 30.1 Å². The molecule has 142 valence electrons. The molecule has 0 aliphatic carbocycles. The van der Waals surface area contributed by atoms with Crippen LogP contribution in [0.15, 0.2) is 23.6 Å². The van der Waals surface area contributed by atoms with Crippen LogP contribution in [0.4, 0.5) is 5.13 Å². The number of guanidine groups is 1. The Morgan fingerprint density at radius 2 is 2.08 bits per heavy atom. The normalized spacial score (nSPS) is 15.8. The van der Waals surface area contributed by atoms with Crippen LogP contribution in [0.2, 0.25) is 0 Å². The Balaban J connectivity index is 0.00000243. The van der Waals surface area contributed by atoms with E-state index >= 15 is 0 Å². The van der Waals surface area contributed by atoms with Gasteiger partial charge in [0.15, 0.2) is 11.1 Å². The van der Waals surface area contributed by atoms with Crippen molar-refractivity contribution >= 4 is 34.8 Å². The van der Waals surface area contributed by atoms with Crippen LogP contribution in [0, 0.1) is 5.41 Å². The molecule has 1 aromatic carbocycles. The van der Waals surface area contributed by atoms with E-state index < -0.39 is 0 Å². The molecule has 0 spiro atoms. The van der Waals surface area contributed by atoms with Crippen molar-refractivity contribution in [2.75, 3.05) is 26.1 Å². The number of methoxy groups -OCH3 is 2. The maximum Gasteiger partial charge on any atom is 0.195 e. The molecule has 2 heterocycles. The largest absolute Gasteiger partial charge is 0.496 e. The van der Waals surface area contributed by atoms with Crippen LogP contribution in [0.5, 0.6) is 11.5 Å². The van der Waals surface area contributed by atoms with E-state index in [1.807, 2.05) is 23.6 Å². The molecular formula is C17H24ClN5O2S. The van der Waals surface area contributed by atoms with E-state index in [4.69, 9.17) is 14.9 Å². The van der Waals surface area contributed by atoms with Crippen LogP contribution in [0.25, 0.3) is 0 Å². The molecule has 0 saturated carbocycles. The zero-order valence-electron chi connectivity index (χ0n) is 14.8. The topological polar surface area (TPSA) is 91.3 Å². The molecule has 3 rings (SSSR count). The summed E-state index contributed by atoms with van der Waals surface area (Å²) in [5.41, 5.74) is 1.92. The number of nitrogens with one attached hydrogen (secondary N) is 4. The predicted octanol–water partition coefficient (Wildman–Crippen LogP) is 3.14. The Bertz CT molecular complexity index is 711. The molecule has 2 aromatic rings. The van der Waals surface area contributed by atoms with E-state index in [2.05, 4.69) is 20.9 Å². The minimum absolute atomic E-state index is 0. The Kier molecular flexibility index (Phi) is 7.50. The Labute approximate surface area is 163 Å². The summed E-state index contributed by atoms with van der Waals surface area (Å²) in [5.74, 6) is 1.64. The highest BCUT2D eigenvalue weighted by Crippen LogP contribution is 2.28. The lowest BCUT2D eigenvalue weighted by Crippen LogP contribution is -2.29. The first-order chi connectivity index (χ1) is 12.2. The van der Waals surface area contributed by atoms with Gasteiger partial charge in [-0.25, -0.2) is 4.98 Å². The summed E-state index contributed by atoms with van der Waals surface area (Å²) in [4.78, 5) is 4.57. The molecule has 1 aliphatic heterocycles. The zero-order valence-corrected chi connectivity index (χ0v) is 16.4. The van der Waals surface area contributed by atoms with Gasteiger partial charge in [0.25, 0.3) is 0 Å². The lowest BCUT2D eigenvalue weighted by Gasteiger charge is -2.14. The Hall–Kier alpha value is -2.03. The molecular weight excluding hydrogens is 374 g/mol. The molecule has 26 heavy (non-hydrogen) atoms. The second-order valence-corrected chi connectivity index (χ2v) is 6.58. The number of halogens is 1. The number of benzene rings is 1. The van der Waals surface area contributed by atoms with E-state index in [1.165, 1.54) is 17.8 Å². The van der Waals surface area contributed by atoms with Crippen LogP contribution in [0.3, 0.4) is 0 Å². The average molecular weight is 398 g/mol. The molecule has 1 aliphatic rings. The van der Waals surface area contributed by atoms with Gasteiger partial charge in [-0.2, -0.15) is 0 Å². The molecule has 1 saturated heterocycles. The van der Waals surface area contributed by atoms with E-state index in [0.29, 0.717) is 17.7 Å². The van der Waals surface area contributed by atoms with Crippen LogP contribution < -0.4 is 25.4 Å². The summed E-state index contributed by atoms with van der Waals surface area (Å²) >= 11 is 1.51. The molecule has 0 radical (unpaired) electrons. The van der Waals surface area contributed by atoms with Crippen molar-refractivity contribution in [3.05, 3.63) is 34.8 Å². The number of aromatic nitrogens is 1. The lowest BCUT2D eigenvalue weighted by molar-refractivity contribution is 0.384. The fourth-order valence-electron chi connectivity index (χ4n) is 2.87. The molecule has 0 amide bonds. The third kappa shape index (κ3) is 4.78. The van der Waals surface area contributed by atoms with Crippen molar-refractivity contribution in [2.45, 2.75) is 25.4 Å². The maximum atomic E-state index is 8.10. The van der Waals surface area contributed by atoms with E-state index in [1.54, 1.807) is 14.2 Å². The molecule has 1 unspecified atom stereocenters. The van der Waals surface area contributed by atoms with Gasteiger partial charge in [-0.1, -0.05) is 6.07 Å². The number of thiazole rings is 1. The highest BCUT2D eigenvalue weighted by Gasteiger charge is 2.19. The summed E-state index contributed by atoms with van der Waals surface area (Å²) in [7, 11) is 3.24. The minimum Gasteiger partial charge on any atom is -0.496 e. The third-order valence-electron chi connectivity index (χ3n) is 4.14. The zero-order chi connectivity index (χ0) is 17.6. The average Bonchev–Trinajstić information content (AvgIpc) is 3.31. The highest BCUT2D eigenvalue weighted by atomic mass is 35.5. The third-order valence-corrected chi connectivity index (χ3v) is 4.92. The van der Waals surface area contributed by atoms with Crippen LogP contribution in [-0.4, -0.2) is 31.7 Å². The van der Waals surface area contributed by atoms with Gasteiger partial charge in [0, 0.05) is 5.38 Å². The number of hydrogen-bond donors (Lipinski definition) is 4. The fraction of sp³-hybridized carbons (Fsp3) is 0.412. The monoisotopic (exact) mass is 397 g/mol. The molecule has 1 fully saturated rings. The molecule has 4 N–H and O–H groups in total. The molecule has 1 atom stereocenters. The first kappa shape index (κ1) is 20.3. The van der Waals surface area contributed by atoms with Gasteiger partial charge in [-0.05, 0) is 31.5 Å². The number of anilines is 1. The van der Waals surface area contributed by atoms with E-state index in [0.717, 1.165) is 35.7 Å². The van der Waals surface area contributed by atoms with Gasteiger partial charge in [0.05, 0.1) is 38.1 Å². The smallest absolute Gasteiger partial charge is 0.195 e. The fourth-order valence-corrected chi connectivity index (χ4v) is 3.64. The van der Waals surface area contributed by atoms with Crippen LogP contribution >= 0.6 is 23.7 Å². The lowest BCUT2D eigenvalue weighted by atomic mass is 10.1. The van der Waals surface area contributed by atoms with Crippen molar-refractivity contribution in [3.63, 3.8) is 0 Å². The van der Waals surface area contributed by atoms with Crippen molar-refractivity contribution in [3.8, 4) is 11.5 Å². The summed E-state index contributed by atoms with van der Waals surface area (Å²) in [5, 5.41) is 20.3. The van der Waals surface area contributed by atoms with Gasteiger partial charge in [0.1, 0.15) is 11.5 Å². The summed E-state index contributed by atoms with van der Waals surface area (Å²) in [6.45, 7) is 1.46. The van der Waals surface area contributed by atoms with Gasteiger partial charge in [0.2, 0.25) is 0 Å². The summed E-state index contributed by atoms with van der Waals surface area (Å²) < 4.78 is 10.7. The van der Waals surface area contributed by atoms with Crippen molar-refractivity contribution in [1.82, 2.24) is 15.6 Å². The second kappa shape index (κ2) is 9.61. The van der Waals surface area contributed by atoms with Gasteiger partial charge in [-0.3, -0.25) is 5.41 Å². The SMILES string of the molecule is COc1cccc(OC)c1CNC(=N)Nc1nc(C2CCCN2)cs1.Cl. The molecule has 7 nitrogen and oxygen atoms in total. The van der Waals surface area contributed by atoms with Crippen molar-refractivity contribution in [2.24, 2.45) is 0 Å². The van der Waals surface area contributed by atoms with Crippen molar-refractivity contribution in [1.29, 1.82) is 5.41 Å². The standard InChI is InChI=1S/C17H23N5O2S.ClH/c1-23-14-6-3-7-15(24-2)11(14)9-20-16(18)22-17-21-13(10-25-17)12-5-4-8-19-12;/h3,6-7,10,12,19H,4-5,8-9H2,1-2H3,(H3,18,20,21,22);1H. The molecule has 9 heteroatoms. The number of hydrogen-bond acceptors (Lipinski definition) is 6. The van der Waals surface area contributed by atoms with Crippen molar-refractivity contribution < 1.29 is 9.47 Å². The Morgan fingerprint density at radius 1 is 1.35 bits per heavy atom. The summed E-state index contributed by atoms with van der Waals surface area (Å²) in [6.07, 6.45) is 2.30. The number of ether oxygens (including phenoxy) is 2. The molecule has 1 aromatic heterocycles. The van der Waals surface area contributed by atoms with E-state index in [9.17, 15) is 0 Å². The van der Waals surface area contributed by atoms with Gasteiger partial charge in [-0.15, -0.1) is 23.7 Å². The first-order valence-corrected chi connectivity index (χ1v) is 9.07. The predicted molar refractivity (Wildman–Crippen MR) is 107 cm³/mol. The minimum atomic E-state index is 0. The highest BCUT2D eigenvalue weighted by molar-refractivity contribution is 7.13. The second-order valence-electron chi connectivity index (χ2n) is 5.72. The molecule has 0 bridgehead atoms. The van der Waals surface area contributed by atoms with E-state index in [-0.39, 0.29) is 18.4 Å². The van der Waals surface area contributed by atoms with Crippen LogP contribution in [-0.2, 0) is 6.54 Å². The van der Waals surface area contributed by atoms with Gasteiger partial charge >= 0.3 is 0 Å². The summed E-state index contributed by atoms with van der Waals surface area (Å²) in [6, 6.07) is 5.96. The first-order valence-electron chi connectivity index (χ1n) is 8.19. The number of rotatable bonds is 6. The maximum absolute atomic E-state index is 8.10. The number of nitrogens with zero attached hydrogens (tertiary/aromatic N) is 1.